The number of thioether (sulfide) groups is 1. The van der Waals surface area contributed by atoms with Crippen molar-refractivity contribution < 1.29 is 14.7 Å². The number of aliphatic carboxylic acids is 1. The van der Waals surface area contributed by atoms with E-state index in [4.69, 9.17) is 5.11 Å². The SMILES string of the molecule is CSCC[C@@H](NC(=O)c1ccc(Br)cc1)C(=O)O. The van der Waals surface area contributed by atoms with Crippen molar-refractivity contribution in [3.8, 4) is 0 Å². The fraction of sp³-hybridized carbons (Fsp3) is 0.333. The normalized spacial score (nSPS) is 11.9. The number of hydrogen-bond acceptors (Lipinski definition) is 3. The van der Waals surface area contributed by atoms with Crippen molar-refractivity contribution in [1.82, 2.24) is 5.32 Å². The number of carboxylic acids is 1. The highest BCUT2D eigenvalue weighted by Crippen LogP contribution is 2.11. The summed E-state index contributed by atoms with van der Waals surface area (Å²) in [5.41, 5.74) is 0.452. The molecule has 0 heterocycles. The molecule has 0 saturated carbocycles. The minimum Gasteiger partial charge on any atom is -0.480 e. The standard InChI is InChI=1S/C12H14BrNO3S/c1-18-7-6-10(12(16)17)14-11(15)8-2-4-9(13)5-3-8/h2-5,10H,6-7H2,1H3,(H,14,15)(H,16,17)/t10-/m1/s1. The van der Waals surface area contributed by atoms with Gasteiger partial charge in [-0.1, -0.05) is 15.9 Å². The minimum atomic E-state index is -1.01. The number of amides is 1. The summed E-state index contributed by atoms with van der Waals surface area (Å²) in [6.45, 7) is 0. The number of benzene rings is 1. The summed E-state index contributed by atoms with van der Waals surface area (Å²) in [6.07, 6.45) is 2.31. The van der Waals surface area contributed by atoms with Gasteiger partial charge < -0.3 is 10.4 Å². The Bertz CT molecular complexity index is 422. The van der Waals surface area contributed by atoms with Crippen LogP contribution in [0.25, 0.3) is 0 Å². The summed E-state index contributed by atoms with van der Waals surface area (Å²) in [4.78, 5) is 22.8. The van der Waals surface area contributed by atoms with Crippen molar-refractivity contribution in [1.29, 1.82) is 0 Å². The first-order valence-electron chi connectivity index (χ1n) is 5.32. The maximum absolute atomic E-state index is 11.8. The molecule has 1 rings (SSSR count). The Morgan fingerprint density at radius 2 is 2.00 bits per heavy atom. The molecule has 2 N–H and O–H groups in total. The fourth-order valence-corrected chi connectivity index (χ4v) is 2.07. The molecule has 6 heteroatoms. The van der Waals surface area contributed by atoms with E-state index in [1.165, 1.54) is 0 Å². The number of hydrogen-bond donors (Lipinski definition) is 2. The first-order valence-corrected chi connectivity index (χ1v) is 7.51. The van der Waals surface area contributed by atoms with E-state index >= 15 is 0 Å². The molecule has 98 valence electrons. The van der Waals surface area contributed by atoms with Gasteiger partial charge in [0.25, 0.3) is 5.91 Å². The Kier molecular flexibility index (Phi) is 6.21. The largest absolute Gasteiger partial charge is 0.480 e. The smallest absolute Gasteiger partial charge is 0.326 e. The van der Waals surface area contributed by atoms with Crippen molar-refractivity contribution in [2.24, 2.45) is 0 Å². The van der Waals surface area contributed by atoms with Gasteiger partial charge in [0.05, 0.1) is 0 Å². The van der Waals surface area contributed by atoms with E-state index in [0.29, 0.717) is 17.7 Å². The van der Waals surface area contributed by atoms with E-state index in [-0.39, 0.29) is 5.91 Å². The van der Waals surface area contributed by atoms with Crippen LogP contribution in [0.2, 0.25) is 0 Å². The van der Waals surface area contributed by atoms with Gasteiger partial charge in [-0.15, -0.1) is 0 Å². The number of nitrogens with one attached hydrogen (secondary N) is 1. The Morgan fingerprint density at radius 1 is 1.39 bits per heavy atom. The van der Waals surface area contributed by atoms with Gasteiger partial charge in [0.1, 0.15) is 6.04 Å². The van der Waals surface area contributed by atoms with Crippen LogP contribution in [-0.4, -0.2) is 35.0 Å². The minimum absolute atomic E-state index is 0.365. The van der Waals surface area contributed by atoms with Crippen LogP contribution in [0.15, 0.2) is 28.7 Å². The van der Waals surface area contributed by atoms with Gasteiger partial charge in [-0.25, -0.2) is 4.79 Å². The van der Waals surface area contributed by atoms with Crippen LogP contribution in [0.3, 0.4) is 0 Å². The third-order valence-electron chi connectivity index (χ3n) is 2.32. The highest BCUT2D eigenvalue weighted by atomic mass is 79.9. The average molecular weight is 332 g/mol. The van der Waals surface area contributed by atoms with Crippen LogP contribution in [-0.2, 0) is 4.79 Å². The Morgan fingerprint density at radius 3 is 2.50 bits per heavy atom. The maximum atomic E-state index is 11.8. The first kappa shape index (κ1) is 15.0. The number of rotatable bonds is 6. The third kappa shape index (κ3) is 4.70. The van der Waals surface area contributed by atoms with Crippen LogP contribution in [0, 0.1) is 0 Å². The molecule has 1 aromatic carbocycles. The van der Waals surface area contributed by atoms with E-state index in [0.717, 1.165) is 4.47 Å². The van der Waals surface area contributed by atoms with Gasteiger partial charge in [0, 0.05) is 10.0 Å². The van der Waals surface area contributed by atoms with E-state index in [9.17, 15) is 9.59 Å². The molecule has 0 aliphatic heterocycles. The van der Waals surface area contributed by atoms with Crippen LogP contribution in [0.4, 0.5) is 0 Å². The monoisotopic (exact) mass is 331 g/mol. The van der Waals surface area contributed by atoms with Gasteiger partial charge >= 0.3 is 5.97 Å². The molecule has 1 atom stereocenters. The van der Waals surface area contributed by atoms with Crippen LogP contribution in [0.1, 0.15) is 16.8 Å². The van der Waals surface area contributed by atoms with Gasteiger partial charge in [-0.3, -0.25) is 4.79 Å². The first-order chi connectivity index (χ1) is 8.54. The molecule has 1 amide bonds. The third-order valence-corrected chi connectivity index (χ3v) is 3.49. The zero-order valence-electron chi connectivity index (χ0n) is 9.85. The molecule has 4 nitrogen and oxygen atoms in total. The lowest BCUT2D eigenvalue weighted by atomic mass is 10.1. The van der Waals surface area contributed by atoms with Crippen molar-refractivity contribution >= 4 is 39.6 Å². The molecular formula is C12H14BrNO3S. The lowest BCUT2D eigenvalue weighted by Crippen LogP contribution is -2.41. The van der Waals surface area contributed by atoms with Crippen molar-refractivity contribution in [2.75, 3.05) is 12.0 Å². The van der Waals surface area contributed by atoms with Gasteiger partial charge in [0.15, 0.2) is 0 Å². The fourth-order valence-electron chi connectivity index (χ4n) is 1.34. The Hall–Kier alpha value is -1.01. The summed E-state index contributed by atoms with van der Waals surface area (Å²) in [5, 5.41) is 11.5. The van der Waals surface area contributed by atoms with Crippen LogP contribution in [0.5, 0.6) is 0 Å². The molecule has 0 aliphatic rings. The van der Waals surface area contributed by atoms with E-state index in [1.807, 2.05) is 6.26 Å². The Balaban J connectivity index is 2.66. The van der Waals surface area contributed by atoms with E-state index in [1.54, 1.807) is 36.0 Å². The summed E-state index contributed by atoms with van der Waals surface area (Å²) in [5.74, 6) is -0.678. The molecule has 0 aromatic heterocycles. The summed E-state index contributed by atoms with van der Waals surface area (Å²) in [7, 11) is 0. The number of carbonyl (C=O) groups excluding carboxylic acids is 1. The average Bonchev–Trinajstić information content (AvgIpc) is 2.34. The molecule has 0 bridgehead atoms. The van der Waals surface area contributed by atoms with Crippen molar-refractivity contribution in [3.05, 3.63) is 34.3 Å². The predicted molar refractivity (Wildman–Crippen MR) is 76.0 cm³/mol. The van der Waals surface area contributed by atoms with E-state index < -0.39 is 12.0 Å². The molecular weight excluding hydrogens is 318 g/mol. The highest BCUT2D eigenvalue weighted by Gasteiger charge is 2.19. The number of halogens is 1. The molecule has 0 fully saturated rings. The second kappa shape index (κ2) is 7.43. The molecule has 0 unspecified atom stereocenters. The van der Waals surface area contributed by atoms with Gasteiger partial charge in [-0.05, 0) is 42.7 Å². The topological polar surface area (TPSA) is 66.4 Å². The van der Waals surface area contributed by atoms with Crippen molar-refractivity contribution in [3.63, 3.8) is 0 Å². The zero-order valence-corrected chi connectivity index (χ0v) is 12.3. The second-order valence-corrected chi connectivity index (χ2v) is 5.55. The summed E-state index contributed by atoms with van der Waals surface area (Å²) >= 11 is 4.83. The molecule has 1 aromatic rings. The molecule has 0 saturated heterocycles. The highest BCUT2D eigenvalue weighted by molar-refractivity contribution is 9.10. The lowest BCUT2D eigenvalue weighted by molar-refractivity contribution is -0.139. The summed E-state index contributed by atoms with van der Waals surface area (Å²) in [6, 6.07) is 5.94. The van der Waals surface area contributed by atoms with Crippen LogP contribution < -0.4 is 5.32 Å². The maximum Gasteiger partial charge on any atom is 0.326 e. The molecule has 18 heavy (non-hydrogen) atoms. The molecule has 0 radical (unpaired) electrons. The quantitative estimate of drug-likeness (QED) is 0.839. The number of carbonyl (C=O) groups is 2. The van der Waals surface area contributed by atoms with Gasteiger partial charge in [-0.2, -0.15) is 11.8 Å². The number of carboxylic acid groups (broad SMARTS) is 1. The van der Waals surface area contributed by atoms with E-state index in [2.05, 4.69) is 21.2 Å². The predicted octanol–water partition coefficient (Wildman–Crippen LogP) is 2.39. The van der Waals surface area contributed by atoms with Crippen LogP contribution >= 0.6 is 27.7 Å². The lowest BCUT2D eigenvalue weighted by Gasteiger charge is -2.13. The molecule has 0 spiro atoms. The zero-order chi connectivity index (χ0) is 13.5. The van der Waals surface area contributed by atoms with Crippen molar-refractivity contribution in [2.45, 2.75) is 12.5 Å². The summed E-state index contributed by atoms with van der Waals surface area (Å²) < 4.78 is 0.871. The Labute approximate surface area is 118 Å². The molecule has 0 aliphatic carbocycles. The van der Waals surface area contributed by atoms with Gasteiger partial charge in [0.2, 0.25) is 0 Å². The second-order valence-electron chi connectivity index (χ2n) is 3.65.